The smallest absolute Gasteiger partial charge is 0.347 e. The number of piperidine rings is 1. The van der Waals surface area contributed by atoms with E-state index in [1.54, 1.807) is 13.8 Å². The Balaban J connectivity index is 1.95. The van der Waals surface area contributed by atoms with Crippen LogP contribution < -0.4 is 5.32 Å². The van der Waals surface area contributed by atoms with Crippen LogP contribution in [0.15, 0.2) is 0 Å². The molecular formula is C14H21N3O5S2. The summed E-state index contributed by atoms with van der Waals surface area (Å²) >= 11 is 1.06. The number of carboxylic acid groups (broad SMARTS) is 1. The van der Waals surface area contributed by atoms with Crippen molar-refractivity contribution in [3.8, 4) is 0 Å². The highest BCUT2D eigenvalue weighted by Gasteiger charge is 2.30. The average Bonchev–Trinajstić information content (AvgIpc) is 2.88. The standard InChI is InChI=1S/C14H21N3O5S2/c1-8-11(14(19)20)23-13(16-8)9(2)15-12(18)10-4-6-17(7-5-10)24(3,21)22/h9-10H,4-7H2,1-3H3,(H,15,18)(H,19,20). The average molecular weight is 375 g/mol. The number of carbonyl (C=O) groups excluding carboxylic acids is 1. The molecule has 8 nitrogen and oxygen atoms in total. The topological polar surface area (TPSA) is 117 Å². The van der Waals surface area contributed by atoms with Crippen LogP contribution >= 0.6 is 11.3 Å². The van der Waals surface area contributed by atoms with Crippen molar-refractivity contribution in [3.05, 3.63) is 15.6 Å². The molecule has 0 spiro atoms. The van der Waals surface area contributed by atoms with Crippen molar-refractivity contribution < 1.29 is 23.1 Å². The first kappa shape index (κ1) is 18.8. The Bertz CT molecular complexity index is 736. The fraction of sp³-hybridized carbons (Fsp3) is 0.643. The molecule has 1 unspecified atom stereocenters. The fourth-order valence-corrected chi connectivity index (χ4v) is 4.43. The van der Waals surface area contributed by atoms with Gasteiger partial charge in [-0.2, -0.15) is 0 Å². The third-order valence-electron chi connectivity index (χ3n) is 4.03. The van der Waals surface area contributed by atoms with E-state index in [0.717, 1.165) is 11.3 Å². The van der Waals surface area contributed by atoms with Crippen LogP contribution in [-0.4, -0.2) is 54.0 Å². The van der Waals surface area contributed by atoms with Gasteiger partial charge in [0.25, 0.3) is 0 Å². The first-order valence-corrected chi connectivity index (χ1v) is 10.2. The number of rotatable bonds is 5. The number of aromatic nitrogens is 1. The number of thiazole rings is 1. The summed E-state index contributed by atoms with van der Waals surface area (Å²) in [6.07, 6.45) is 2.12. The Morgan fingerprint density at radius 2 is 1.96 bits per heavy atom. The normalized spacial score (nSPS) is 18.3. The largest absolute Gasteiger partial charge is 0.477 e. The van der Waals surface area contributed by atoms with Crippen LogP contribution in [0.1, 0.15) is 46.2 Å². The lowest BCUT2D eigenvalue weighted by Crippen LogP contribution is -2.43. The van der Waals surface area contributed by atoms with E-state index in [0.29, 0.717) is 36.6 Å². The Morgan fingerprint density at radius 1 is 1.38 bits per heavy atom. The zero-order valence-electron chi connectivity index (χ0n) is 13.8. The SMILES string of the molecule is Cc1nc(C(C)NC(=O)C2CCN(S(C)(=O)=O)CC2)sc1C(=O)O. The Labute approximate surface area is 144 Å². The maximum absolute atomic E-state index is 12.3. The van der Waals surface area contributed by atoms with Crippen molar-refractivity contribution in [3.63, 3.8) is 0 Å². The Hall–Kier alpha value is -1.52. The van der Waals surface area contributed by atoms with E-state index < -0.39 is 16.0 Å². The molecule has 0 bridgehead atoms. The van der Waals surface area contributed by atoms with Gasteiger partial charge in [0.15, 0.2) is 0 Å². The predicted molar refractivity (Wildman–Crippen MR) is 89.5 cm³/mol. The minimum Gasteiger partial charge on any atom is -0.477 e. The van der Waals surface area contributed by atoms with E-state index in [4.69, 9.17) is 5.11 Å². The van der Waals surface area contributed by atoms with Gasteiger partial charge in [-0.3, -0.25) is 4.79 Å². The van der Waals surface area contributed by atoms with Gasteiger partial charge >= 0.3 is 5.97 Å². The number of sulfonamides is 1. The number of nitrogens with one attached hydrogen (secondary N) is 1. The molecule has 0 aromatic carbocycles. The lowest BCUT2D eigenvalue weighted by Gasteiger charge is -2.30. The second-order valence-corrected chi connectivity index (χ2v) is 8.95. The summed E-state index contributed by atoms with van der Waals surface area (Å²) in [6.45, 7) is 4.06. The van der Waals surface area contributed by atoms with Crippen LogP contribution in [0.25, 0.3) is 0 Å². The molecule has 24 heavy (non-hydrogen) atoms. The highest BCUT2D eigenvalue weighted by atomic mass is 32.2. The van der Waals surface area contributed by atoms with E-state index in [1.165, 1.54) is 10.6 Å². The van der Waals surface area contributed by atoms with Crippen LogP contribution in [-0.2, 0) is 14.8 Å². The van der Waals surface area contributed by atoms with E-state index in [1.807, 2.05) is 0 Å². The summed E-state index contributed by atoms with van der Waals surface area (Å²) in [5, 5.41) is 12.5. The summed E-state index contributed by atoms with van der Waals surface area (Å²) in [6, 6.07) is -0.387. The quantitative estimate of drug-likeness (QED) is 0.793. The molecule has 1 aromatic rings. The van der Waals surface area contributed by atoms with E-state index >= 15 is 0 Å². The number of amides is 1. The molecule has 1 saturated heterocycles. The maximum Gasteiger partial charge on any atom is 0.347 e. The number of carbonyl (C=O) groups is 2. The Morgan fingerprint density at radius 3 is 2.42 bits per heavy atom. The number of aromatic carboxylic acids is 1. The zero-order valence-corrected chi connectivity index (χ0v) is 15.4. The maximum atomic E-state index is 12.3. The molecule has 1 fully saturated rings. The first-order chi connectivity index (χ1) is 11.1. The molecule has 1 amide bonds. The number of carboxylic acids is 1. The summed E-state index contributed by atoms with van der Waals surface area (Å²) in [4.78, 5) is 27.8. The lowest BCUT2D eigenvalue weighted by atomic mass is 9.97. The highest BCUT2D eigenvalue weighted by Crippen LogP contribution is 2.25. The molecule has 2 rings (SSSR count). The number of nitrogens with zero attached hydrogens (tertiary/aromatic N) is 2. The van der Waals surface area contributed by atoms with Gasteiger partial charge < -0.3 is 10.4 Å². The van der Waals surface area contributed by atoms with Crippen molar-refractivity contribution in [2.75, 3.05) is 19.3 Å². The second-order valence-electron chi connectivity index (χ2n) is 5.94. The van der Waals surface area contributed by atoms with E-state index in [9.17, 15) is 18.0 Å². The summed E-state index contributed by atoms with van der Waals surface area (Å²) in [5.41, 5.74) is 0.435. The minimum absolute atomic E-state index is 0.152. The van der Waals surface area contributed by atoms with Gasteiger partial charge in [-0.1, -0.05) is 0 Å². The minimum atomic E-state index is -3.21. The van der Waals surface area contributed by atoms with Crippen molar-refractivity contribution in [1.29, 1.82) is 0 Å². The summed E-state index contributed by atoms with van der Waals surface area (Å²) < 4.78 is 24.3. The van der Waals surface area contributed by atoms with E-state index in [-0.39, 0.29) is 22.7 Å². The lowest BCUT2D eigenvalue weighted by molar-refractivity contribution is -0.126. The van der Waals surface area contributed by atoms with Crippen LogP contribution in [0.5, 0.6) is 0 Å². The molecule has 1 aromatic heterocycles. The van der Waals surface area contributed by atoms with Gasteiger partial charge in [0.1, 0.15) is 9.88 Å². The molecule has 1 aliphatic heterocycles. The Kier molecular flexibility index (Phi) is 5.61. The monoisotopic (exact) mass is 375 g/mol. The van der Waals surface area contributed by atoms with Crippen LogP contribution in [0, 0.1) is 12.8 Å². The zero-order chi connectivity index (χ0) is 18.1. The van der Waals surface area contributed by atoms with E-state index in [2.05, 4.69) is 10.3 Å². The number of hydrogen-bond acceptors (Lipinski definition) is 6. The predicted octanol–water partition coefficient (Wildman–Crippen LogP) is 0.999. The van der Waals surface area contributed by atoms with Gasteiger partial charge in [-0.05, 0) is 26.7 Å². The summed E-state index contributed by atoms with van der Waals surface area (Å²) in [7, 11) is -3.21. The molecule has 2 N–H and O–H groups in total. The van der Waals surface area contributed by atoms with Crippen molar-refractivity contribution in [2.45, 2.75) is 32.7 Å². The molecule has 1 atom stereocenters. The van der Waals surface area contributed by atoms with Gasteiger partial charge in [0.2, 0.25) is 15.9 Å². The van der Waals surface area contributed by atoms with Gasteiger partial charge in [-0.25, -0.2) is 22.5 Å². The molecule has 1 aliphatic rings. The molecule has 134 valence electrons. The first-order valence-electron chi connectivity index (χ1n) is 7.55. The molecule has 0 radical (unpaired) electrons. The van der Waals surface area contributed by atoms with Gasteiger partial charge in [-0.15, -0.1) is 11.3 Å². The van der Waals surface area contributed by atoms with Crippen molar-refractivity contribution in [2.24, 2.45) is 5.92 Å². The third kappa shape index (κ3) is 4.31. The van der Waals surface area contributed by atoms with Crippen LogP contribution in [0.3, 0.4) is 0 Å². The van der Waals surface area contributed by atoms with Crippen molar-refractivity contribution >= 4 is 33.2 Å². The van der Waals surface area contributed by atoms with Crippen LogP contribution in [0.4, 0.5) is 0 Å². The van der Waals surface area contributed by atoms with Gasteiger partial charge in [0.05, 0.1) is 18.0 Å². The van der Waals surface area contributed by atoms with Gasteiger partial charge in [0, 0.05) is 19.0 Å². The molecule has 10 heteroatoms. The molecular weight excluding hydrogens is 354 g/mol. The number of hydrogen-bond donors (Lipinski definition) is 2. The number of aryl methyl sites for hydroxylation is 1. The van der Waals surface area contributed by atoms with Crippen LogP contribution in [0.2, 0.25) is 0 Å². The second kappa shape index (κ2) is 7.16. The highest BCUT2D eigenvalue weighted by molar-refractivity contribution is 7.88. The fourth-order valence-electron chi connectivity index (χ4n) is 2.64. The molecule has 0 saturated carbocycles. The summed E-state index contributed by atoms with van der Waals surface area (Å²) in [5.74, 6) is -1.42. The third-order valence-corrected chi connectivity index (χ3v) is 6.66. The molecule has 0 aliphatic carbocycles. The molecule has 2 heterocycles. The van der Waals surface area contributed by atoms with Crippen molar-refractivity contribution in [1.82, 2.24) is 14.6 Å².